The van der Waals surface area contributed by atoms with Gasteiger partial charge in [-0.15, -0.1) is 11.8 Å². The topological polar surface area (TPSA) is 66.7 Å². The van der Waals surface area contributed by atoms with Crippen LogP contribution in [0.1, 0.15) is 33.2 Å². The number of rotatable bonds is 7. The number of benzene rings is 4. The first-order chi connectivity index (χ1) is 17.5. The fourth-order valence-corrected chi connectivity index (χ4v) is 5.06. The average Bonchev–Trinajstić information content (AvgIpc) is 2.92. The number of thioether (sulfide) groups is 1. The van der Waals surface area contributed by atoms with Crippen molar-refractivity contribution >= 4 is 29.0 Å². The van der Waals surface area contributed by atoms with Crippen LogP contribution in [-0.4, -0.2) is 22.0 Å². The number of carbonyl (C=O) groups is 1. The fraction of sp³-hybridized carbons (Fsp3) is 0.138. The number of carbonyl (C=O) groups excluding carboxylic acids is 1. The standard InChI is InChI=1S/C29H25N3O3S/c1-36-25-15-12-23(13-16-25)28-30(19-21-8-4-2-5-9-21)27-17-14-24(32(34)35)18-26(27)29(33)31(28)20-22-10-6-3-7-11-22/h2-18,28H,19-20H2,1H3/t28-/m1/s1. The van der Waals surface area contributed by atoms with E-state index in [4.69, 9.17) is 0 Å². The van der Waals surface area contributed by atoms with Crippen LogP contribution in [0.3, 0.4) is 0 Å². The molecule has 1 aliphatic heterocycles. The third-order valence-electron chi connectivity index (χ3n) is 6.39. The minimum Gasteiger partial charge on any atom is -0.342 e. The molecule has 0 radical (unpaired) electrons. The van der Waals surface area contributed by atoms with Gasteiger partial charge >= 0.3 is 0 Å². The highest BCUT2D eigenvalue weighted by Gasteiger charge is 2.39. The van der Waals surface area contributed by atoms with Crippen molar-refractivity contribution in [1.82, 2.24) is 4.90 Å². The second kappa shape index (κ2) is 10.3. The first-order valence-electron chi connectivity index (χ1n) is 11.6. The summed E-state index contributed by atoms with van der Waals surface area (Å²) < 4.78 is 0. The molecule has 1 aliphatic rings. The summed E-state index contributed by atoms with van der Waals surface area (Å²) in [5, 5.41) is 11.5. The Balaban J connectivity index is 1.69. The Labute approximate surface area is 214 Å². The Morgan fingerprint density at radius 1 is 0.806 bits per heavy atom. The highest BCUT2D eigenvalue weighted by atomic mass is 32.2. The molecular weight excluding hydrogens is 470 g/mol. The van der Waals surface area contributed by atoms with Crippen LogP contribution < -0.4 is 4.90 Å². The number of amides is 1. The van der Waals surface area contributed by atoms with E-state index in [9.17, 15) is 14.9 Å². The second-order valence-corrected chi connectivity index (χ2v) is 9.52. The maximum Gasteiger partial charge on any atom is 0.270 e. The molecule has 7 heteroatoms. The van der Waals surface area contributed by atoms with Gasteiger partial charge in [0.1, 0.15) is 6.17 Å². The van der Waals surface area contributed by atoms with Gasteiger partial charge in [-0.25, -0.2) is 0 Å². The molecule has 0 saturated carbocycles. The molecule has 0 saturated heterocycles. The summed E-state index contributed by atoms with van der Waals surface area (Å²) in [6.07, 6.45) is 1.65. The molecule has 0 bridgehead atoms. The van der Waals surface area contributed by atoms with Crippen molar-refractivity contribution in [2.75, 3.05) is 11.2 Å². The first kappa shape index (κ1) is 23.6. The molecule has 0 aliphatic carbocycles. The number of nitrogens with zero attached hydrogens (tertiary/aromatic N) is 3. The number of hydrogen-bond acceptors (Lipinski definition) is 5. The van der Waals surface area contributed by atoms with Gasteiger partial charge in [-0.05, 0) is 41.1 Å². The molecule has 0 spiro atoms. The summed E-state index contributed by atoms with van der Waals surface area (Å²) in [6.45, 7) is 0.918. The van der Waals surface area contributed by atoms with Gasteiger partial charge in [0.05, 0.1) is 16.2 Å². The molecule has 6 nitrogen and oxygen atoms in total. The monoisotopic (exact) mass is 495 g/mol. The predicted octanol–water partition coefficient (Wildman–Crippen LogP) is 6.68. The Bertz CT molecular complexity index is 1380. The predicted molar refractivity (Wildman–Crippen MR) is 143 cm³/mol. The van der Waals surface area contributed by atoms with Gasteiger partial charge in [0.25, 0.3) is 11.6 Å². The van der Waals surface area contributed by atoms with Crippen LogP contribution in [0.15, 0.2) is 108 Å². The lowest BCUT2D eigenvalue weighted by molar-refractivity contribution is -0.384. The van der Waals surface area contributed by atoms with Crippen LogP contribution in [0.4, 0.5) is 11.4 Å². The maximum atomic E-state index is 14.0. The average molecular weight is 496 g/mol. The SMILES string of the molecule is CSc1ccc([C@H]2N(Cc3ccccc3)C(=O)c3cc([N+](=O)[O-])ccc3N2Cc2ccccc2)cc1. The maximum absolute atomic E-state index is 14.0. The fourth-order valence-electron chi connectivity index (χ4n) is 4.65. The number of fused-ring (bicyclic) bond motifs is 1. The van der Waals surface area contributed by atoms with Gasteiger partial charge in [0.15, 0.2) is 0 Å². The Morgan fingerprint density at radius 2 is 1.39 bits per heavy atom. The summed E-state index contributed by atoms with van der Waals surface area (Å²) in [5.74, 6) is -0.221. The van der Waals surface area contributed by atoms with Gasteiger partial charge in [-0.1, -0.05) is 72.8 Å². The molecule has 0 N–H and O–H groups in total. The van der Waals surface area contributed by atoms with E-state index < -0.39 is 4.92 Å². The van der Waals surface area contributed by atoms with E-state index in [-0.39, 0.29) is 17.8 Å². The second-order valence-electron chi connectivity index (χ2n) is 8.64. The molecule has 4 aromatic carbocycles. The van der Waals surface area contributed by atoms with Crippen LogP contribution in [0.2, 0.25) is 0 Å². The van der Waals surface area contributed by atoms with Crippen LogP contribution in [0.5, 0.6) is 0 Å². The molecule has 36 heavy (non-hydrogen) atoms. The van der Waals surface area contributed by atoms with Crippen molar-refractivity contribution in [2.45, 2.75) is 24.2 Å². The molecule has 4 aromatic rings. The summed E-state index contributed by atoms with van der Waals surface area (Å²) >= 11 is 1.67. The van der Waals surface area contributed by atoms with Gasteiger partial charge in [-0.2, -0.15) is 0 Å². The van der Waals surface area contributed by atoms with Crippen molar-refractivity contribution in [3.63, 3.8) is 0 Å². The summed E-state index contributed by atoms with van der Waals surface area (Å²) in [7, 11) is 0. The Kier molecular flexibility index (Phi) is 6.73. The summed E-state index contributed by atoms with van der Waals surface area (Å²) in [4.78, 5) is 30.2. The molecule has 0 fully saturated rings. The van der Waals surface area contributed by atoms with E-state index in [2.05, 4.69) is 41.3 Å². The minimum absolute atomic E-state index is 0.0933. The van der Waals surface area contributed by atoms with E-state index in [0.717, 1.165) is 21.6 Å². The van der Waals surface area contributed by atoms with Gasteiger partial charge in [-0.3, -0.25) is 14.9 Å². The highest BCUT2D eigenvalue weighted by Crippen LogP contribution is 2.42. The lowest BCUT2D eigenvalue weighted by Gasteiger charge is -2.46. The summed E-state index contributed by atoms with van der Waals surface area (Å²) in [5.41, 5.74) is 4.00. The molecule has 1 atom stereocenters. The van der Waals surface area contributed by atoms with Gasteiger partial charge < -0.3 is 9.80 Å². The lowest BCUT2D eigenvalue weighted by Crippen LogP contribution is -2.48. The van der Waals surface area contributed by atoms with Gasteiger partial charge in [0, 0.05) is 30.1 Å². The molecule has 180 valence electrons. The number of nitro benzene ring substituents is 1. The smallest absolute Gasteiger partial charge is 0.270 e. The third-order valence-corrected chi connectivity index (χ3v) is 7.13. The van der Waals surface area contributed by atoms with Crippen LogP contribution in [-0.2, 0) is 13.1 Å². The highest BCUT2D eigenvalue weighted by molar-refractivity contribution is 7.98. The van der Waals surface area contributed by atoms with Crippen LogP contribution in [0, 0.1) is 10.1 Å². The third kappa shape index (κ3) is 4.70. The molecule has 0 unspecified atom stereocenters. The van der Waals surface area contributed by atoms with Crippen molar-refractivity contribution < 1.29 is 9.72 Å². The zero-order chi connectivity index (χ0) is 25.1. The Hall–Kier alpha value is -4.10. The zero-order valence-corrected chi connectivity index (χ0v) is 20.6. The van der Waals surface area contributed by atoms with Crippen molar-refractivity contribution in [3.8, 4) is 0 Å². The minimum atomic E-state index is -0.455. The van der Waals surface area contributed by atoms with E-state index >= 15 is 0 Å². The normalized spacial score (nSPS) is 15.0. The van der Waals surface area contributed by atoms with Crippen LogP contribution >= 0.6 is 11.8 Å². The molecule has 0 aromatic heterocycles. The zero-order valence-electron chi connectivity index (χ0n) is 19.8. The quantitative estimate of drug-likeness (QED) is 0.163. The van der Waals surface area contributed by atoms with Crippen molar-refractivity contribution in [2.24, 2.45) is 0 Å². The number of hydrogen-bond donors (Lipinski definition) is 0. The van der Waals surface area contributed by atoms with Crippen LogP contribution in [0.25, 0.3) is 0 Å². The molecule has 1 heterocycles. The van der Waals surface area contributed by atoms with Crippen molar-refractivity contribution in [3.05, 3.63) is 135 Å². The van der Waals surface area contributed by atoms with E-state index in [0.29, 0.717) is 24.3 Å². The lowest BCUT2D eigenvalue weighted by atomic mass is 9.98. The van der Waals surface area contributed by atoms with E-state index in [1.807, 2.05) is 59.7 Å². The number of anilines is 1. The molecule has 1 amide bonds. The molecule has 5 rings (SSSR count). The Morgan fingerprint density at radius 3 is 1.94 bits per heavy atom. The largest absolute Gasteiger partial charge is 0.342 e. The van der Waals surface area contributed by atoms with Gasteiger partial charge in [0.2, 0.25) is 0 Å². The van der Waals surface area contributed by atoms with E-state index in [1.54, 1.807) is 17.8 Å². The molecular formula is C29H25N3O3S. The summed E-state index contributed by atoms with van der Waals surface area (Å²) in [6, 6.07) is 32.7. The number of nitro groups is 1. The number of non-ortho nitro benzene ring substituents is 1. The van der Waals surface area contributed by atoms with Crippen molar-refractivity contribution in [1.29, 1.82) is 0 Å². The first-order valence-corrected chi connectivity index (χ1v) is 12.9. The van der Waals surface area contributed by atoms with E-state index in [1.165, 1.54) is 12.1 Å².